The zero-order valence-electron chi connectivity index (χ0n) is 18.4. The summed E-state index contributed by atoms with van der Waals surface area (Å²) in [7, 11) is 0. The maximum absolute atomic E-state index is 13.1. The molecule has 2 saturated heterocycles. The fourth-order valence-corrected chi connectivity index (χ4v) is 4.82. The van der Waals surface area contributed by atoms with E-state index in [9.17, 15) is 4.79 Å². The highest BCUT2D eigenvalue weighted by Gasteiger charge is 2.33. The van der Waals surface area contributed by atoms with Gasteiger partial charge in [-0.1, -0.05) is 24.3 Å². The van der Waals surface area contributed by atoms with Gasteiger partial charge in [0.1, 0.15) is 0 Å². The van der Waals surface area contributed by atoms with Crippen LogP contribution in [-0.2, 0) is 9.53 Å². The number of piperidine rings is 1. The normalized spacial score (nSPS) is 21.0. The Morgan fingerprint density at radius 1 is 1.09 bits per heavy atom. The number of benzene rings is 1. The van der Waals surface area contributed by atoms with Gasteiger partial charge in [-0.2, -0.15) is 0 Å². The molecular formula is C26H28N4O2. The molecule has 0 saturated carbocycles. The fourth-order valence-electron chi connectivity index (χ4n) is 4.82. The number of pyridine rings is 1. The summed E-state index contributed by atoms with van der Waals surface area (Å²) < 4.78 is 5.46. The summed E-state index contributed by atoms with van der Waals surface area (Å²) in [4.78, 5) is 29.0. The molecule has 0 bridgehead atoms. The molecule has 0 spiro atoms. The number of hydrogen-bond donors (Lipinski definition) is 0. The monoisotopic (exact) mass is 428 g/mol. The van der Waals surface area contributed by atoms with Gasteiger partial charge in [0.2, 0.25) is 5.91 Å². The zero-order chi connectivity index (χ0) is 21.9. The van der Waals surface area contributed by atoms with Crippen molar-refractivity contribution >= 4 is 5.91 Å². The molecule has 2 aliphatic rings. The van der Waals surface area contributed by atoms with Gasteiger partial charge >= 0.3 is 0 Å². The predicted molar refractivity (Wildman–Crippen MR) is 123 cm³/mol. The lowest BCUT2D eigenvalue weighted by molar-refractivity contribution is -0.136. The Morgan fingerprint density at radius 2 is 1.94 bits per heavy atom. The second kappa shape index (κ2) is 9.17. The Kier molecular flexibility index (Phi) is 5.95. The summed E-state index contributed by atoms with van der Waals surface area (Å²) in [5.74, 6) is 1.11. The van der Waals surface area contributed by atoms with E-state index in [2.05, 4.69) is 36.2 Å². The molecule has 4 heterocycles. The zero-order valence-corrected chi connectivity index (χ0v) is 18.4. The van der Waals surface area contributed by atoms with Crippen molar-refractivity contribution in [2.24, 2.45) is 5.92 Å². The number of aromatic nitrogens is 3. The molecule has 164 valence electrons. The molecule has 2 aliphatic heterocycles. The van der Waals surface area contributed by atoms with Crippen LogP contribution in [0.25, 0.3) is 22.5 Å². The largest absolute Gasteiger partial charge is 0.381 e. The highest BCUT2D eigenvalue weighted by molar-refractivity contribution is 5.79. The summed E-state index contributed by atoms with van der Waals surface area (Å²) in [5, 5.41) is 0. The molecule has 2 atom stereocenters. The average molecular weight is 429 g/mol. The molecule has 6 nitrogen and oxygen atoms in total. The van der Waals surface area contributed by atoms with Crippen molar-refractivity contribution in [3.8, 4) is 22.5 Å². The van der Waals surface area contributed by atoms with Crippen molar-refractivity contribution in [1.29, 1.82) is 0 Å². The molecule has 0 unspecified atom stereocenters. The molecular weight excluding hydrogens is 400 g/mol. The third-order valence-electron chi connectivity index (χ3n) is 6.59. The van der Waals surface area contributed by atoms with Crippen molar-refractivity contribution < 1.29 is 9.53 Å². The molecule has 1 amide bonds. The number of ether oxygens (including phenoxy) is 1. The Balaban J connectivity index is 1.52. The van der Waals surface area contributed by atoms with Crippen molar-refractivity contribution in [2.75, 3.05) is 26.3 Å². The van der Waals surface area contributed by atoms with Crippen LogP contribution in [0.1, 0.15) is 36.4 Å². The van der Waals surface area contributed by atoms with Crippen molar-refractivity contribution in [2.45, 2.75) is 32.1 Å². The third kappa shape index (κ3) is 4.15. The first kappa shape index (κ1) is 20.8. The molecule has 2 fully saturated rings. The number of carbonyl (C=O) groups excluding carboxylic acids is 1. The average Bonchev–Trinajstić information content (AvgIpc) is 3.39. The molecule has 0 radical (unpaired) electrons. The van der Waals surface area contributed by atoms with E-state index >= 15 is 0 Å². The van der Waals surface area contributed by atoms with E-state index in [0.29, 0.717) is 25.6 Å². The van der Waals surface area contributed by atoms with Gasteiger partial charge in [-0.15, -0.1) is 0 Å². The lowest BCUT2D eigenvalue weighted by Gasteiger charge is -2.34. The minimum absolute atomic E-state index is 0.00219. The van der Waals surface area contributed by atoms with Gasteiger partial charge in [0, 0.05) is 55.3 Å². The quantitative estimate of drug-likeness (QED) is 0.621. The number of nitrogens with zero attached hydrogens (tertiary/aromatic N) is 4. The van der Waals surface area contributed by atoms with E-state index in [1.165, 1.54) is 5.56 Å². The number of carbonyl (C=O) groups is 1. The van der Waals surface area contributed by atoms with E-state index in [1.54, 1.807) is 12.4 Å². The van der Waals surface area contributed by atoms with Gasteiger partial charge in [0.25, 0.3) is 0 Å². The number of hydrogen-bond acceptors (Lipinski definition) is 5. The molecule has 1 aromatic carbocycles. The van der Waals surface area contributed by atoms with Crippen LogP contribution in [0.5, 0.6) is 0 Å². The first-order valence-electron chi connectivity index (χ1n) is 11.4. The molecule has 0 aliphatic carbocycles. The van der Waals surface area contributed by atoms with Gasteiger partial charge in [-0.3, -0.25) is 9.78 Å². The predicted octanol–water partition coefficient (Wildman–Crippen LogP) is 4.26. The Bertz CT molecular complexity index is 1100. The van der Waals surface area contributed by atoms with E-state index in [4.69, 9.17) is 14.7 Å². The molecule has 5 rings (SSSR count). The smallest absolute Gasteiger partial charge is 0.228 e. The van der Waals surface area contributed by atoms with Crippen molar-refractivity contribution in [1.82, 2.24) is 19.9 Å². The minimum Gasteiger partial charge on any atom is -0.381 e. The van der Waals surface area contributed by atoms with Gasteiger partial charge in [0.15, 0.2) is 5.82 Å². The highest BCUT2D eigenvalue weighted by Crippen LogP contribution is 2.36. The number of rotatable bonds is 4. The van der Waals surface area contributed by atoms with E-state index in [-0.39, 0.29) is 17.7 Å². The van der Waals surface area contributed by atoms with Crippen LogP contribution >= 0.6 is 0 Å². The van der Waals surface area contributed by atoms with Crippen LogP contribution < -0.4 is 0 Å². The number of likely N-dealkylation sites (tertiary alicyclic amines) is 1. The Morgan fingerprint density at radius 3 is 2.72 bits per heavy atom. The van der Waals surface area contributed by atoms with E-state index in [0.717, 1.165) is 48.2 Å². The first-order chi connectivity index (χ1) is 15.7. The van der Waals surface area contributed by atoms with Crippen molar-refractivity contribution in [3.05, 3.63) is 66.2 Å². The van der Waals surface area contributed by atoms with Crippen LogP contribution in [0.3, 0.4) is 0 Å². The molecule has 6 heteroatoms. The maximum Gasteiger partial charge on any atom is 0.228 e. The van der Waals surface area contributed by atoms with E-state index in [1.807, 2.05) is 23.2 Å². The lowest BCUT2D eigenvalue weighted by atomic mass is 9.88. The van der Waals surface area contributed by atoms with Crippen LogP contribution in [0.4, 0.5) is 0 Å². The van der Waals surface area contributed by atoms with E-state index < -0.39 is 0 Å². The molecule has 3 aromatic rings. The molecule has 2 aromatic heterocycles. The van der Waals surface area contributed by atoms with Gasteiger partial charge in [-0.25, -0.2) is 9.97 Å². The standard InChI is InChI=1S/C26H28N4O2/c1-18-5-2-3-7-22(18)23-15-28-25(19-8-11-27-12-9-19)29-24(23)20-6-4-13-30(16-20)26(31)21-10-14-32-17-21/h2-3,5,7-9,11-12,15,20-21H,4,6,10,13-14,16-17H2,1H3/t20-,21-/m0/s1. The summed E-state index contributed by atoms with van der Waals surface area (Å²) in [6.45, 7) is 4.86. The van der Waals surface area contributed by atoms with Gasteiger partial charge in [-0.05, 0) is 49.4 Å². The van der Waals surface area contributed by atoms with Gasteiger partial charge < -0.3 is 9.64 Å². The number of aryl methyl sites for hydroxylation is 1. The van der Waals surface area contributed by atoms with Crippen LogP contribution in [0.2, 0.25) is 0 Å². The maximum atomic E-state index is 13.1. The Hall–Kier alpha value is -3.12. The minimum atomic E-state index is 0.00219. The number of amides is 1. The summed E-state index contributed by atoms with van der Waals surface area (Å²) in [6.07, 6.45) is 8.29. The van der Waals surface area contributed by atoms with Crippen LogP contribution in [0.15, 0.2) is 55.0 Å². The van der Waals surface area contributed by atoms with Crippen LogP contribution in [0, 0.1) is 12.8 Å². The fraction of sp³-hybridized carbons (Fsp3) is 0.385. The second-order valence-corrected chi connectivity index (χ2v) is 8.73. The first-order valence-corrected chi connectivity index (χ1v) is 11.4. The summed E-state index contributed by atoms with van der Waals surface area (Å²) in [6, 6.07) is 12.2. The summed E-state index contributed by atoms with van der Waals surface area (Å²) in [5.41, 5.74) is 5.38. The lowest BCUT2D eigenvalue weighted by Crippen LogP contribution is -2.42. The molecule has 32 heavy (non-hydrogen) atoms. The topological polar surface area (TPSA) is 68.2 Å². The summed E-state index contributed by atoms with van der Waals surface area (Å²) >= 11 is 0. The van der Waals surface area contributed by atoms with Crippen LogP contribution in [-0.4, -0.2) is 52.1 Å². The van der Waals surface area contributed by atoms with Gasteiger partial charge in [0.05, 0.1) is 18.2 Å². The molecule has 0 N–H and O–H groups in total. The third-order valence-corrected chi connectivity index (χ3v) is 6.59. The highest BCUT2D eigenvalue weighted by atomic mass is 16.5. The van der Waals surface area contributed by atoms with Crippen molar-refractivity contribution in [3.63, 3.8) is 0 Å². The Labute approximate surface area is 188 Å². The SMILES string of the molecule is Cc1ccccc1-c1cnc(-c2ccncc2)nc1[C@H]1CCCN(C(=O)[C@H]2CCOC2)C1. The second-order valence-electron chi connectivity index (χ2n) is 8.73.